The summed E-state index contributed by atoms with van der Waals surface area (Å²) in [7, 11) is 0. The zero-order valence-corrected chi connectivity index (χ0v) is 16.4. The highest BCUT2D eigenvalue weighted by atomic mass is 16.2. The molecule has 0 radical (unpaired) electrons. The molecule has 2 aromatic rings. The number of carbonyl (C=O) groups is 2. The number of piperidine rings is 1. The summed E-state index contributed by atoms with van der Waals surface area (Å²) in [5.74, 6) is -0.302. The average molecular weight is 374 g/mol. The van der Waals surface area contributed by atoms with Gasteiger partial charge in [-0.15, -0.1) is 0 Å². The van der Waals surface area contributed by atoms with Gasteiger partial charge in [0.15, 0.2) is 0 Å². The molecule has 4 nitrogen and oxygen atoms in total. The van der Waals surface area contributed by atoms with E-state index in [1.54, 1.807) is 0 Å². The minimum absolute atomic E-state index is 0.140. The Balaban J connectivity index is 1.65. The lowest BCUT2D eigenvalue weighted by Gasteiger charge is -2.29. The molecule has 4 rings (SSSR count). The van der Waals surface area contributed by atoms with Crippen molar-refractivity contribution in [3.05, 3.63) is 77.0 Å². The molecule has 2 aliphatic rings. The van der Waals surface area contributed by atoms with Crippen molar-refractivity contribution in [1.82, 2.24) is 9.80 Å². The molecular weight excluding hydrogens is 348 g/mol. The summed E-state index contributed by atoms with van der Waals surface area (Å²) in [4.78, 5) is 30.2. The lowest BCUT2D eigenvalue weighted by Crippen LogP contribution is -2.38. The van der Waals surface area contributed by atoms with Crippen LogP contribution < -0.4 is 0 Å². The highest BCUT2D eigenvalue weighted by Crippen LogP contribution is 2.33. The second-order valence-corrected chi connectivity index (χ2v) is 7.63. The predicted molar refractivity (Wildman–Crippen MR) is 110 cm³/mol. The van der Waals surface area contributed by atoms with Gasteiger partial charge in [-0.2, -0.15) is 0 Å². The highest BCUT2D eigenvalue weighted by Gasteiger charge is 2.41. The van der Waals surface area contributed by atoms with E-state index < -0.39 is 0 Å². The maximum absolute atomic E-state index is 13.3. The summed E-state index contributed by atoms with van der Waals surface area (Å²) in [5, 5.41) is 0. The molecular formula is C24H26N2O2. The van der Waals surface area contributed by atoms with Gasteiger partial charge in [0.25, 0.3) is 11.8 Å². The number of rotatable bonds is 5. The molecule has 4 heteroatoms. The van der Waals surface area contributed by atoms with Crippen molar-refractivity contribution in [2.45, 2.75) is 32.6 Å². The van der Waals surface area contributed by atoms with Crippen LogP contribution in [0.25, 0.3) is 5.57 Å². The van der Waals surface area contributed by atoms with E-state index in [2.05, 4.69) is 4.90 Å². The van der Waals surface area contributed by atoms with E-state index in [0.717, 1.165) is 42.6 Å². The minimum atomic E-state index is -0.162. The Labute approximate surface area is 166 Å². The van der Waals surface area contributed by atoms with Crippen LogP contribution in [-0.2, 0) is 16.0 Å². The molecule has 2 heterocycles. The van der Waals surface area contributed by atoms with Gasteiger partial charge in [0.05, 0.1) is 5.57 Å². The van der Waals surface area contributed by atoms with E-state index in [0.29, 0.717) is 24.2 Å². The van der Waals surface area contributed by atoms with Gasteiger partial charge in [0, 0.05) is 19.6 Å². The summed E-state index contributed by atoms with van der Waals surface area (Å²) >= 11 is 0. The first-order valence-corrected chi connectivity index (χ1v) is 10.1. The van der Waals surface area contributed by atoms with Gasteiger partial charge in [0.1, 0.15) is 5.70 Å². The van der Waals surface area contributed by atoms with E-state index in [9.17, 15) is 9.59 Å². The third-order valence-corrected chi connectivity index (χ3v) is 5.62. The molecule has 0 saturated carbocycles. The molecule has 0 N–H and O–H groups in total. The summed E-state index contributed by atoms with van der Waals surface area (Å²) in [5.41, 5.74) is 4.28. The SMILES string of the molecule is Cc1ccc(C2=C(N3CCCCC3)C(=O)N(CCc3ccccc3)C2=O)cc1. The van der Waals surface area contributed by atoms with Gasteiger partial charge in [-0.25, -0.2) is 0 Å². The Morgan fingerprint density at radius 1 is 0.821 bits per heavy atom. The first-order valence-electron chi connectivity index (χ1n) is 10.1. The van der Waals surface area contributed by atoms with Crippen molar-refractivity contribution in [3.63, 3.8) is 0 Å². The zero-order chi connectivity index (χ0) is 19.5. The number of aryl methyl sites for hydroxylation is 1. The van der Waals surface area contributed by atoms with Gasteiger partial charge >= 0.3 is 0 Å². The van der Waals surface area contributed by atoms with Crippen LogP contribution in [0.1, 0.15) is 36.0 Å². The molecule has 144 valence electrons. The number of likely N-dealkylation sites (tertiary alicyclic amines) is 1. The number of imide groups is 1. The standard InChI is InChI=1S/C24H26N2O2/c1-18-10-12-20(13-11-18)21-22(25-15-6-3-7-16-25)24(28)26(23(21)27)17-14-19-8-4-2-5-9-19/h2,4-5,8-13H,3,6-7,14-17H2,1H3. The normalized spacial score (nSPS) is 17.6. The van der Waals surface area contributed by atoms with Crippen LogP contribution in [0.5, 0.6) is 0 Å². The van der Waals surface area contributed by atoms with Crippen molar-refractivity contribution < 1.29 is 9.59 Å². The molecule has 0 spiro atoms. The van der Waals surface area contributed by atoms with Crippen LogP contribution in [0.15, 0.2) is 60.3 Å². The number of hydrogen-bond donors (Lipinski definition) is 0. The van der Waals surface area contributed by atoms with E-state index in [1.165, 1.54) is 11.3 Å². The molecule has 0 bridgehead atoms. The average Bonchev–Trinajstić information content (AvgIpc) is 2.98. The molecule has 28 heavy (non-hydrogen) atoms. The third kappa shape index (κ3) is 3.59. The lowest BCUT2D eigenvalue weighted by atomic mass is 10.0. The molecule has 2 aliphatic heterocycles. The van der Waals surface area contributed by atoms with Crippen LogP contribution in [0.3, 0.4) is 0 Å². The smallest absolute Gasteiger partial charge is 0.277 e. The van der Waals surface area contributed by atoms with Crippen molar-refractivity contribution in [2.75, 3.05) is 19.6 Å². The first kappa shape index (κ1) is 18.5. The quantitative estimate of drug-likeness (QED) is 0.748. The van der Waals surface area contributed by atoms with Crippen LogP contribution in [0.4, 0.5) is 0 Å². The fourth-order valence-corrected chi connectivity index (χ4v) is 4.04. The van der Waals surface area contributed by atoms with Crippen molar-refractivity contribution in [3.8, 4) is 0 Å². The predicted octanol–water partition coefficient (Wildman–Crippen LogP) is 3.80. The largest absolute Gasteiger partial charge is 0.366 e. The summed E-state index contributed by atoms with van der Waals surface area (Å²) in [6, 6.07) is 17.9. The molecule has 0 unspecified atom stereocenters. The van der Waals surface area contributed by atoms with Gasteiger partial charge in [0.2, 0.25) is 0 Å². The minimum Gasteiger partial charge on any atom is -0.366 e. The zero-order valence-electron chi connectivity index (χ0n) is 16.4. The molecule has 0 atom stereocenters. The number of hydrogen-bond acceptors (Lipinski definition) is 3. The third-order valence-electron chi connectivity index (χ3n) is 5.62. The van der Waals surface area contributed by atoms with Crippen LogP contribution in [0.2, 0.25) is 0 Å². The van der Waals surface area contributed by atoms with Crippen molar-refractivity contribution in [2.24, 2.45) is 0 Å². The lowest BCUT2D eigenvalue weighted by molar-refractivity contribution is -0.137. The van der Waals surface area contributed by atoms with Gasteiger partial charge in [-0.3, -0.25) is 14.5 Å². The fraction of sp³-hybridized carbons (Fsp3) is 0.333. The fourth-order valence-electron chi connectivity index (χ4n) is 4.04. The van der Waals surface area contributed by atoms with E-state index >= 15 is 0 Å². The van der Waals surface area contributed by atoms with Crippen LogP contribution in [-0.4, -0.2) is 41.2 Å². The number of carbonyl (C=O) groups excluding carboxylic acids is 2. The highest BCUT2D eigenvalue weighted by molar-refractivity contribution is 6.35. The van der Waals surface area contributed by atoms with Gasteiger partial charge in [-0.1, -0.05) is 60.2 Å². The monoisotopic (exact) mass is 374 g/mol. The van der Waals surface area contributed by atoms with Crippen molar-refractivity contribution >= 4 is 17.4 Å². The molecule has 0 aromatic heterocycles. The van der Waals surface area contributed by atoms with E-state index in [-0.39, 0.29) is 11.8 Å². The Morgan fingerprint density at radius 2 is 1.50 bits per heavy atom. The second kappa shape index (κ2) is 8.01. The first-order chi connectivity index (χ1) is 13.6. The van der Waals surface area contributed by atoms with Gasteiger partial charge < -0.3 is 4.90 Å². The van der Waals surface area contributed by atoms with Crippen LogP contribution in [0, 0.1) is 6.92 Å². The Hall–Kier alpha value is -2.88. The Morgan fingerprint density at radius 3 is 2.18 bits per heavy atom. The van der Waals surface area contributed by atoms with E-state index in [1.807, 2.05) is 61.5 Å². The number of nitrogens with zero attached hydrogens (tertiary/aromatic N) is 2. The number of benzene rings is 2. The summed E-state index contributed by atoms with van der Waals surface area (Å²) < 4.78 is 0. The summed E-state index contributed by atoms with van der Waals surface area (Å²) in [6.45, 7) is 4.12. The molecule has 2 amide bonds. The molecule has 2 aromatic carbocycles. The molecule has 0 aliphatic carbocycles. The number of amides is 2. The molecule has 1 saturated heterocycles. The van der Waals surface area contributed by atoms with Crippen molar-refractivity contribution in [1.29, 1.82) is 0 Å². The maximum Gasteiger partial charge on any atom is 0.277 e. The van der Waals surface area contributed by atoms with Gasteiger partial charge in [-0.05, 0) is 43.7 Å². The summed E-state index contributed by atoms with van der Waals surface area (Å²) in [6.07, 6.45) is 3.99. The topological polar surface area (TPSA) is 40.6 Å². The maximum atomic E-state index is 13.3. The Bertz CT molecular complexity index is 894. The second-order valence-electron chi connectivity index (χ2n) is 7.63. The van der Waals surface area contributed by atoms with Crippen LogP contribution >= 0.6 is 0 Å². The molecule has 1 fully saturated rings. The van der Waals surface area contributed by atoms with E-state index in [4.69, 9.17) is 0 Å². The Kier molecular flexibility index (Phi) is 5.29.